The van der Waals surface area contributed by atoms with E-state index < -0.39 is 0 Å². The number of aromatic nitrogens is 1. The summed E-state index contributed by atoms with van der Waals surface area (Å²) >= 11 is 6.09. The largest absolute Gasteiger partial charge is 0.368 e. The molecule has 0 unspecified atom stereocenters. The van der Waals surface area contributed by atoms with Crippen LogP contribution in [-0.2, 0) is 6.54 Å². The molecule has 1 aliphatic rings. The summed E-state index contributed by atoms with van der Waals surface area (Å²) in [6.07, 6.45) is 1.72. The van der Waals surface area contributed by atoms with E-state index in [0.717, 1.165) is 31.9 Å². The van der Waals surface area contributed by atoms with E-state index in [1.807, 2.05) is 12.1 Å². The third kappa shape index (κ3) is 3.61. The zero-order valence-electron chi connectivity index (χ0n) is 12.5. The fraction of sp³-hybridized carbons (Fsp3) is 0.294. The van der Waals surface area contributed by atoms with E-state index in [4.69, 9.17) is 16.9 Å². The van der Waals surface area contributed by atoms with Crippen molar-refractivity contribution in [3.05, 3.63) is 58.6 Å². The summed E-state index contributed by atoms with van der Waals surface area (Å²) in [5.41, 5.74) is 1.98. The van der Waals surface area contributed by atoms with Crippen molar-refractivity contribution in [2.24, 2.45) is 0 Å². The number of pyridine rings is 1. The lowest BCUT2D eigenvalue weighted by molar-refractivity contribution is 0.246. The maximum Gasteiger partial charge on any atom is 0.140 e. The summed E-state index contributed by atoms with van der Waals surface area (Å²) < 4.78 is 13.9. The second kappa shape index (κ2) is 6.95. The Morgan fingerprint density at radius 2 is 1.96 bits per heavy atom. The maximum atomic E-state index is 13.9. The number of anilines is 1. The van der Waals surface area contributed by atoms with Gasteiger partial charge in [-0.05, 0) is 24.3 Å². The Labute approximate surface area is 139 Å². The molecule has 0 saturated carbocycles. The molecule has 1 aliphatic heterocycles. The van der Waals surface area contributed by atoms with Crippen LogP contribution in [0.25, 0.3) is 0 Å². The van der Waals surface area contributed by atoms with E-state index in [2.05, 4.69) is 14.8 Å². The second-order valence-corrected chi connectivity index (χ2v) is 5.88. The first kappa shape index (κ1) is 15.7. The van der Waals surface area contributed by atoms with Crippen LogP contribution in [-0.4, -0.2) is 36.1 Å². The predicted octanol–water partition coefficient (Wildman–Crippen LogP) is 3.07. The van der Waals surface area contributed by atoms with Gasteiger partial charge in [-0.1, -0.05) is 17.7 Å². The predicted molar refractivity (Wildman–Crippen MR) is 87.9 cm³/mol. The molecule has 0 amide bonds. The minimum absolute atomic E-state index is 0.253. The number of nitriles is 1. The van der Waals surface area contributed by atoms with E-state index in [-0.39, 0.29) is 5.82 Å². The van der Waals surface area contributed by atoms with Crippen LogP contribution < -0.4 is 4.90 Å². The Kier molecular flexibility index (Phi) is 4.75. The van der Waals surface area contributed by atoms with Gasteiger partial charge in [0, 0.05) is 43.3 Å². The lowest BCUT2D eigenvalue weighted by Gasteiger charge is -2.36. The van der Waals surface area contributed by atoms with Crippen molar-refractivity contribution in [1.82, 2.24) is 9.88 Å². The molecule has 6 heteroatoms. The smallest absolute Gasteiger partial charge is 0.140 e. The SMILES string of the molecule is N#Cc1ccc(N2CCN(Cc3c(F)cccc3Cl)CC2)cn1. The molecule has 1 fully saturated rings. The maximum absolute atomic E-state index is 13.9. The fourth-order valence-corrected chi connectivity index (χ4v) is 2.93. The molecule has 0 radical (unpaired) electrons. The van der Waals surface area contributed by atoms with Crippen molar-refractivity contribution in [1.29, 1.82) is 5.26 Å². The first-order chi connectivity index (χ1) is 11.2. The molecule has 0 N–H and O–H groups in total. The Hall–Kier alpha value is -2.16. The van der Waals surface area contributed by atoms with Gasteiger partial charge in [-0.2, -0.15) is 5.26 Å². The lowest BCUT2D eigenvalue weighted by Crippen LogP contribution is -2.46. The molecule has 0 atom stereocenters. The molecule has 0 spiro atoms. The first-order valence-electron chi connectivity index (χ1n) is 7.44. The van der Waals surface area contributed by atoms with Gasteiger partial charge in [0.1, 0.15) is 17.6 Å². The van der Waals surface area contributed by atoms with Gasteiger partial charge in [0.25, 0.3) is 0 Å². The molecule has 2 aromatic rings. The van der Waals surface area contributed by atoms with Crippen molar-refractivity contribution < 1.29 is 4.39 Å². The highest BCUT2D eigenvalue weighted by Gasteiger charge is 2.19. The van der Waals surface area contributed by atoms with E-state index in [0.29, 0.717) is 22.8 Å². The molecule has 0 bridgehead atoms. The standard InChI is InChI=1S/C17H16ClFN4/c18-16-2-1-3-17(19)15(16)12-22-6-8-23(9-7-22)14-5-4-13(10-20)21-11-14/h1-5,11H,6-9,12H2. The van der Waals surface area contributed by atoms with Gasteiger partial charge in [0.15, 0.2) is 0 Å². The average Bonchev–Trinajstić information content (AvgIpc) is 2.59. The Balaban J connectivity index is 1.61. The number of nitrogens with zero attached hydrogens (tertiary/aromatic N) is 4. The summed E-state index contributed by atoms with van der Waals surface area (Å²) in [6.45, 7) is 3.83. The summed E-state index contributed by atoms with van der Waals surface area (Å²) in [5, 5.41) is 9.26. The topological polar surface area (TPSA) is 43.2 Å². The molecule has 1 aromatic carbocycles. The van der Waals surface area contributed by atoms with Gasteiger partial charge in [-0.15, -0.1) is 0 Å². The Morgan fingerprint density at radius 3 is 2.57 bits per heavy atom. The highest BCUT2D eigenvalue weighted by molar-refractivity contribution is 6.31. The molecule has 1 saturated heterocycles. The summed E-state index contributed by atoms with van der Waals surface area (Å²) in [5.74, 6) is -0.253. The van der Waals surface area contributed by atoms with E-state index in [1.165, 1.54) is 6.07 Å². The molecule has 0 aliphatic carbocycles. The van der Waals surface area contributed by atoms with Gasteiger partial charge in [-0.3, -0.25) is 4.90 Å². The zero-order valence-corrected chi connectivity index (χ0v) is 13.3. The molecule has 1 aromatic heterocycles. The van der Waals surface area contributed by atoms with Crippen LogP contribution in [0.4, 0.5) is 10.1 Å². The number of rotatable bonds is 3. The number of hydrogen-bond acceptors (Lipinski definition) is 4. The Bertz CT molecular complexity index is 698. The van der Waals surface area contributed by atoms with Gasteiger partial charge in [-0.25, -0.2) is 9.37 Å². The van der Waals surface area contributed by atoms with Crippen LogP contribution in [0.1, 0.15) is 11.3 Å². The van der Waals surface area contributed by atoms with Gasteiger partial charge >= 0.3 is 0 Å². The van der Waals surface area contributed by atoms with Crippen LogP contribution >= 0.6 is 11.6 Å². The molecule has 2 heterocycles. The molecular formula is C17H16ClFN4. The fourth-order valence-electron chi connectivity index (χ4n) is 2.71. The number of halogens is 2. The number of hydrogen-bond donors (Lipinski definition) is 0. The summed E-state index contributed by atoms with van der Waals surface area (Å²) in [6, 6.07) is 10.4. The third-order valence-electron chi connectivity index (χ3n) is 4.04. The van der Waals surface area contributed by atoms with E-state index in [1.54, 1.807) is 24.4 Å². The summed E-state index contributed by atoms with van der Waals surface area (Å²) in [7, 11) is 0. The van der Waals surface area contributed by atoms with Crippen molar-refractivity contribution in [3.63, 3.8) is 0 Å². The van der Waals surface area contributed by atoms with Crippen molar-refractivity contribution in [2.45, 2.75) is 6.54 Å². The quantitative estimate of drug-likeness (QED) is 0.867. The average molecular weight is 331 g/mol. The second-order valence-electron chi connectivity index (χ2n) is 5.48. The molecular weight excluding hydrogens is 315 g/mol. The normalized spacial score (nSPS) is 15.4. The van der Waals surface area contributed by atoms with Gasteiger partial charge in [0.2, 0.25) is 0 Å². The highest BCUT2D eigenvalue weighted by atomic mass is 35.5. The van der Waals surface area contributed by atoms with Crippen molar-refractivity contribution in [2.75, 3.05) is 31.1 Å². The third-order valence-corrected chi connectivity index (χ3v) is 4.40. The first-order valence-corrected chi connectivity index (χ1v) is 7.81. The number of piperazine rings is 1. The van der Waals surface area contributed by atoms with Gasteiger partial charge < -0.3 is 4.90 Å². The number of benzene rings is 1. The zero-order chi connectivity index (χ0) is 16.2. The van der Waals surface area contributed by atoms with Crippen LogP contribution in [0, 0.1) is 17.1 Å². The molecule has 118 valence electrons. The van der Waals surface area contributed by atoms with Crippen LogP contribution in [0.5, 0.6) is 0 Å². The minimum atomic E-state index is -0.253. The van der Waals surface area contributed by atoms with Crippen LogP contribution in [0.2, 0.25) is 5.02 Å². The van der Waals surface area contributed by atoms with Gasteiger partial charge in [0.05, 0.1) is 11.9 Å². The molecule has 23 heavy (non-hydrogen) atoms. The summed E-state index contributed by atoms with van der Waals surface area (Å²) in [4.78, 5) is 8.51. The monoisotopic (exact) mass is 330 g/mol. The lowest BCUT2D eigenvalue weighted by atomic mass is 10.1. The van der Waals surface area contributed by atoms with E-state index in [9.17, 15) is 4.39 Å². The minimum Gasteiger partial charge on any atom is -0.368 e. The Morgan fingerprint density at radius 1 is 1.17 bits per heavy atom. The van der Waals surface area contributed by atoms with Crippen molar-refractivity contribution >= 4 is 17.3 Å². The van der Waals surface area contributed by atoms with Crippen LogP contribution in [0.3, 0.4) is 0 Å². The highest BCUT2D eigenvalue weighted by Crippen LogP contribution is 2.22. The molecule has 4 nitrogen and oxygen atoms in total. The van der Waals surface area contributed by atoms with Crippen molar-refractivity contribution in [3.8, 4) is 6.07 Å². The molecule has 3 rings (SSSR count). The van der Waals surface area contributed by atoms with E-state index >= 15 is 0 Å². The van der Waals surface area contributed by atoms with Crippen LogP contribution in [0.15, 0.2) is 36.5 Å².